The van der Waals surface area contributed by atoms with Gasteiger partial charge in [0, 0.05) is 13.0 Å². The van der Waals surface area contributed by atoms with Gasteiger partial charge in [-0.1, -0.05) is 47.5 Å². The molecule has 0 spiro atoms. The summed E-state index contributed by atoms with van der Waals surface area (Å²) >= 11 is 6.25. The van der Waals surface area contributed by atoms with Crippen LogP contribution in [0.1, 0.15) is 43.9 Å². The second-order valence-corrected chi connectivity index (χ2v) is 13.6. The van der Waals surface area contributed by atoms with Gasteiger partial charge in [-0.15, -0.1) is 0 Å². The molecule has 0 radical (unpaired) electrons. The molecule has 3 fully saturated rings. The zero-order valence-corrected chi connectivity index (χ0v) is 27.9. The number of hydrogen-bond donors (Lipinski definition) is 1. The number of phenols is 1. The van der Waals surface area contributed by atoms with Crippen molar-refractivity contribution in [2.75, 3.05) is 23.6 Å². The summed E-state index contributed by atoms with van der Waals surface area (Å²) < 4.78 is 46.4. The fourth-order valence-electron chi connectivity index (χ4n) is 8.39. The van der Waals surface area contributed by atoms with Crippen molar-refractivity contribution in [1.29, 1.82) is 0 Å². The first-order valence-electron chi connectivity index (χ1n) is 16.1. The largest absolute Gasteiger partial charge is 0.504 e. The Balaban J connectivity index is 1.33. The molecular weight excluding hydrogens is 677 g/mol. The van der Waals surface area contributed by atoms with Crippen LogP contribution in [0.4, 0.5) is 24.7 Å². The van der Waals surface area contributed by atoms with Crippen LogP contribution in [0.2, 0.25) is 5.02 Å². The fraction of sp³-hybridized carbons (Fsp3) is 0.361. The number of carbonyl (C=O) groups excluding carboxylic acids is 4. The topological polar surface area (TPSA) is 120 Å². The summed E-state index contributed by atoms with van der Waals surface area (Å²) in [6.45, 7) is 3.75. The number of allylic oxidation sites excluding steroid dienone is 2. The van der Waals surface area contributed by atoms with Crippen LogP contribution in [0.25, 0.3) is 0 Å². The third kappa shape index (κ3) is 4.88. The monoisotopic (exact) mass is 708 g/mol. The molecule has 3 aromatic rings. The molecule has 50 heavy (non-hydrogen) atoms. The number of amides is 4. The number of aromatic nitrogens is 1. The zero-order chi connectivity index (χ0) is 35.9. The maximum atomic E-state index is 14.5. The first-order chi connectivity index (χ1) is 23.7. The Morgan fingerprint density at radius 3 is 2.42 bits per heavy atom. The van der Waals surface area contributed by atoms with E-state index in [4.69, 9.17) is 16.3 Å². The molecule has 14 heteroatoms. The molecule has 2 aliphatic carbocycles. The van der Waals surface area contributed by atoms with Crippen LogP contribution in [-0.2, 0) is 25.4 Å². The molecule has 260 valence electrons. The van der Waals surface area contributed by atoms with Crippen LogP contribution >= 0.6 is 11.6 Å². The number of hydrogen-bond acceptors (Lipinski definition) is 8. The number of benzene rings is 2. The highest BCUT2D eigenvalue weighted by Crippen LogP contribution is 2.64. The molecule has 0 bridgehead atoms. The Morgan fingerprint density at radius 2 is 1.74 bits per heavy atom. The Kier molecular flexibility index (Phi) is 7.96. The van der Waals surface area contributed by atoms with E-state index in [0.29, 0.717) is 22.9 Å². The maximum Gasteiger partial charge on any atom is 0.433 e. The Bertz CT molecular complexity index is 1970. The summed E-state index contributed by atoms with van der Waals surface area (Å²) in [6, 6.07) is 15.0. The van der Waals surface area contributed by atoms with Crippen LogP contribution in [0.15, 0.2) is 72.3 Å². The van der Waals surface area contributed by atoms with Gasteiger partial charge >= 0.3 is 6.18 Å². The van der Waals surface area contributed by atoms with Crippen molar-refractivity contribution in [3.63, 3.8) is 0 Å². The van der Waals surface area contributed by atoms with E-state index in [0.717, 1.165) is 16.1 Å². The lowest BCUT2D eigenvalue weighted by Crippen LogP contribution is -2.49. The first-order valence-corrected chi connectivity index (χ1v) is 16.5. The zero-order valence-electron chi connectivity index (χ0n) is 27.1. The predicted octanol–water partition coefficient (Wildman–Crippen LogP) is 6.14. The molecule has 2 aliphatic heterocycles. The van der Waals surface area contributed by atoms with Crippen LogP contribution in [0, 0.1) is 29.1 Å². The maximum absolute atomic E-state index is 14.5. The number of phenolic OH excluding ortho intramolecular Hbond substituents is 1. The van der Waals surface area contributed by atoms with Crippen LogP contribution < -0.4 is 14.6 Å². The van der Waals surface area contributed by atoms with Gasteiger partial charge in [0.25, 0.3) is 11.8 Å². The summed E-state index contributed by atoms with van der Waals surface area (Å²) in [5.74, 6) is -6.74. The third-order valence-electron chi connectivity index (χ3n) is 10.6. The molecular formula is C36H32ClF3N4O6. The van der Waals surface area contributed by atoms with Gasteiger partial charge in [-0.25, -0.2) is 9.88 Å². The van der Waals surface area contributed by atoms with E-state index >= 15 is 0 Å². The summed E-state index contributed by atoms with van der Waals surface area (Å²) in [6.07, 6.45) is -2.78. The van der Waals surface area contributed by atoms with E-state index in [-0.39, 0.29) is 36.0 Å². The van der Waals surface area contributed by atoms with Gasteiger partial charge in [0.2, 0.25) is 11.8 Å². The van der Waals surface area contributed by atoms with Crippen molar-refractivity contribution in [3.05, 3.63) is 88.6 Å². The second kappa shape index (κ2) is 11.9. The molecule has 3 heterocycles. The van der Waals surface area contributed by atoms with Crippen molar-refractivity contribution in [3.8, 4) is 11.5 Å². The molecule has 1 N–H and O–H groups in total. The summed E-state index contributed by atoms with van der Waals surface area (Å²) in [7, 11) is 1.25. The average molecular weight is 709 g/mol. The number of pyridine rings is 1. The minimum absolute atomic E-state index is 0.0729. The highest BCUT2D eigenvalue weighted by Gasteiger charge is 2.68. The lowest BCUT2D eigenvalue weighted by Gasteiger charge is -2.49. The average Bonchev–Trinajstić information content (AvgIpc) is 3.45. The number of imide groups is 2. The number of carbonyl (C=O) groups is 4. The van der Waals surface area contributed by atoms with Crippen LogP contribution in [0.5, 0.6) is 11.5 Å². The van der Waals surface area contributed by atoms with Gasteiger partial charge < -0.3 is 9.84 Å². The minimum atomic E-state index is -4.80. The number of anilines is 2. The van der Waals surface area contributed by atoms with Gasteiger partial charge in [-0.05, 0) is 74.6 Å². The molecule has 2 saturated heterocycles. The molecule has 7 rings (SSSR count). The van der Waals surface area contributed by atoms with E-state index in [1.165, 1.54) is 18.0 Å². The van der Waals surface area contributed by atoms with Gasteiger partial charge in [0.1, 0.15) is 5.69 Å². The number of fused-ring (bicyclic) bond motifs is 4. The molecule has 2 aromatic carbocycles. The standard InChI is InChI=1S/C36H32ClF3N4O6/c1-4-50-26-16-18(10-14-25(26)45)29-20-11-12-21-28(22(20)17-23-32(47)43(34(49)35(23,29)2)19-8-6-5-7-9-19)33(48)44(31(21)46)42(3)30-24(37)13-15-27(41-30)36(38,39)40/h5-11,13-16,21-23,28-29,45H,4,12,17H2,1-3H3. The highest BCUT2D eigenvalue weighted by atomic mass is 35.5. The molecule has 1 saturated carbocycles. The SMILES string of the molecule is CCOc1cc(C2C3=CCC4C(=O)N(N(C)c5nc(C(F)(F)F)ccc5Cl)C(=O)C4C3CC3C(=O)N(c4ccccc4)C(=O)C32C)ccc1O. The van der Waals surface area contributed by atoms with Gasteiger partial charge in [-0.2, -0.15) is 18.2 Å². The van der Waals surface area contributed by atoms with E-state index in [9.17, 15) is 37.5 Å². The van der Waals surface area contributed by atoms with Crippen LogP contribution in [0.3, 0.4) is 0 Å². The smallest absolute Gasteiger partial charge is 0.433 e. The number of ether oxygens (including phenoxy) is 1. The fourth-order valence-corrected chi connectivity index (χ4v) is 8.62. The van der Waals surface area contributed by atoms with Crippen LogP contribution in [-0.4, -0.2) is 52.4 Å². The summed E-state index contributed by atoms with van der Waals surface area (Å²) in [5.41, 5.74) is -0.894. The third-order valence-corrected chi connectivity index (χ3v) is 10.9. The van der Waals surface area contributed by atoms with Crippen molar-refractivity contribution >= 4 is 46.7 Å². The van der Waals surface area contributed by atoms with E-state index in [2.05, 4.69) is 4.98 Å². The molecule has 1 aromatic heterocycles. The second-order valence-electron chi connectivity index (χ2n) is 13.2. The van der Waals surface area contributed by atoms with E-state index in [1.807, 2.05) is 6.08 Å². The van der Waals surface area contributed by atoms with E-state index in [1.54, 1.807) is 56.3 Å². The van der Waals surface area contributed by atoms with Crippen molar-refractivity contribution < 1.29 is 42.2 Å². The number of para-hydroxylation sites is 1. The Morgan fingerprint density at radius 1 is 1.02 bits per heavy atom. The first kappa shape index (κ1) is 33.6. The quantitative estimate of drug-likeness (QED) is 0.240. The number of rotatable bonds is 6. The summed E-state index contributed by atoms with van der Waals surface area (Å²) in [5, 5.41) is 12.1. The molecule has 4 amide bonds. The van der Waals surface area contributed by atoms with Crippen molar-refractivity contribution in [1.82, 2.24) is 9.99 Å². The van der Waals surface area contributed by atoms with Gasteiger partial charge in [-0.3, -0.25) is 24.2 Å². The molecule has 6 unspecified atom stereocenters. The Labute approximate surface area is 290 Å². The van der Waals surface area contributed by atoms with Crippen molar-refractivity contribution in [2.45, 2.75) is 38.8 Å². The molecule has 4 aliphatic rings. The number of halogens is 4. The molecule has 10 nitrogen and oxygen atoms in total. The van der Waals surface area contributed by atoms with Gasteiger partial charge in [0.05, 0.1) is 40.5 Å². The predicted molar refractivity (Wildman–Crippen MR) is 175 cm³/mol. The lowest BCUT2D eigenvalue weighted by atomic mass is 9.51. The summed E-state index contributed by atoms with van der Waals surface area (Å²) in [4.78, 5) is 62.0. The minimum Gasteiger partial charge on any atom is -0.504 e. The molecule has 6 atom stereocenters. The number of alkyl halides is 3. The van der Waals surface area contributed by atoms with Gasteiger partial charge in [0.15, 0.2) is 17.3 Å². The number of aromatic hydroxyl groups is 1. The van der Waals surface area contributed by atoms with Crippen molar-refractivity contribution in [2.24, 2.45) is 29.1 Å². The normalized spacial score (nSPS) is 27.6. The number of hydrazine groups is 1. The number of nitrogens with zero attached hydrogens (tertiary/aromatic N) is 4. The Hall–Kier alpha value is -4.91. The highest BCUT2D eigenvalue weighted by molar-refractivity contribution is 6.33. The van der Waals surface area contributed by atoms with E-state index < -0.39 is 76.3 Å². The lowest BCUT2D eigenvalue weighted by molar-refractivity contribution is -0.141.